The molecule has 0 radical (unpaired) electrons. The van der Waals surface area contributed by atoms with Crippen molar-refractivity contribution in [2.24, 2.45) is 0 Å². The highest BCUT2D eigenvalue weighted by Crippen LogP contribution is 2.35. The molecule has 3 aromatic carbocycles. The minimum Gasteiger partial charge on any atom is -0.490 e. The summed E-state index contributed by atoms with van der Waals surface area (Å²) in [6.07, 6.45) is 1.37. The number of hydrogen-bond acceptors (Lipinski definition) is 6. The first kappa shape index (κ1) is 26.5. The summed E-state index contributed by atoms with van der Waals surface area (Å²) in [6, 6.07) is 17.0. The molecule has 0 saturated heterocycles. The van der Waals surface area contributed by atoms with E-state index in [-0.39, 0.29) is 27.0 Å². The molecule has 0 unspecified atom stereocenters. The zero-order chi connectivity index (χ0) is 26.2. The van der Waals surface area contributed by atoms with Gasteiger partial charge in [-0.25, -0.2) is 0 Å². The molecule has 3 aromatic rings. The van der Waals surface area contributed by atoms with Gasteiger partial charge in [0.25, 0.3) is 11.6 Å². The van der Waals surface area contributed by atoms with Gasteiger partial charge in [-0.1, -0.05) is 59.1 Å². The predicted molar refractivity (Wildman–Crippen MR) is 138 cm³/mol. The van der Waals surface area contributed by atoms with Crippen molar-refractivity contribution in [3.05, 3.63) is 97.0 Å². The first-order valence-electron chi connectivity index (χ1n) is 10.7. The number of nitro groups is 1. The molecular weight excluding hydrogens is 505 g/mol. The van der Waals surface area contributed by atoms with Gasteiger partial charge < -0.3 is 14.8 Å². The number of benzene rings is 3. The van der Waals surface area contributed by atoms with E-state index in [2.05, 4.69) is 5.32 Å². The fourth-order valence-electron chi connectivity index (χ4n) is 3.13. The SMILES string of the molecule is CCOc1cc(/C=C(\C#N)C(=O)Nc2c(Cl)cc([N+](=O)[O-])cc2Cl)ccc1OCc1ccc(C)cc1. The van der Waals surface area contributed by atoms with E-state index in [1.54, 1.807) is 18.2 Å². The van der Waals surface area contributed by atoms with Gasteiger partial charge in [-0.3, -0.25) is 14.9 Å². The van der Waals surface area contributed by atoms with E-state index in [0.29, 0.717) is 30.3 Å². The average Bonchev–Trinajstić information content (AvgIpc) is 2.85. The summed E-state index contributed by atoms with van der Waals surface area (Å²) in [5, 5.41) is 22.7. The number of carbonyl (C=O) groups is 1. The molecule has 0 aliphatic carbocycles. The minimum absolute atomic E-state index is 0.0371. The maximum Gasteiger partial charge on any atom is 0.272 e. The second-order valence-corrected chi connectivity index (χ2v) is 8.39. The number of ether oxygens (including phenoxy) is 2. The topological polar surface area (TPSA) is 114 Å². The van der Waals surface area contributed by atoms with Crippen molar-refractivity contribution in [3.63, 3.8) is 0 Å². The Morgan fingerprint density at radius 3 is 2.33 bits per heavy atom. The molecule has 0 spiro atoms. The van der Waals surface area contributed by atoms with Gasteiger partial charge in [0.1, 0.15) is 18.2 Å². The summed E-state index contributed by atoms with van der Waals surface area (Å²) < 4.78 is 11.6. The van der Waals surface area contributed by atoms with Crippen LogP contribution in [0.15, 0.2) is 60.2 Å². The maximum atomic E-state index is 12.7. The van der Waals surface area contributed by atoms with Crippen molar-refractivity contribution in [2.45, 2.75) is 20.5 Å². The molecule has 0 saturated carbocycles. The third-order valence-electron chi connectivity index (χ3n) is 4.93. The summed E-state index contributed by atoms with van der Waals surface area (Å²) in [5.41, 5.74) is 2.07. The number of rotatable bonds is 9. The fourth-order valence-corrected chi connectivity index (χ4v) is 3.70. The smallest absolute Gasteiger partial charge is 0.272 e. The van der Waals surface area contributed by atoms with Crippen molar-refractivity contribution in [2.75, 3.05) is 11.9 Å². The van der Waals surface area contributed by atoms with Gasteiger partial charge in [0.05, 0.1) is 27.3 Å². The number of carbonyl (C=O) groups excluding carboxylic acids is 1. The predicted octanol–water partition coefficient (Wildman–Crippen LogP) is 6.73. The number of amides is 1. The average molecular weight is 526 g/mol. The molecular formula is C26H21Cl2N3O5. The Hall–Kier alpha value is -4.06. The number of non-ortho nitro benzene ring substituents is 1. The number of hydrogen-bond donors (Lipinski definition) is 1. The van der Waals surface area contributed by atoms with Crippen LogP contribution in [0.25, 0.3) is 6.08 Å². The third-order valence-corrected chi connectivity index (χ3v) is 5.53. The lowest BCUT2D eigenvalue weighted by molar-refractivity contribution is -0.384. The molecule has 0 bridgehead atoms. The van der Waals surface area contributed by atoms with Gasteiger partial charge in [-0.05, 0) is 43.2 Å². The highest BCUT2D eigenvalue weighted by atomic mass is 35.5. The fraction of sp³-hybridized carbons (Fsp3) is 0.154. The molecule has 0 heterocycles. The summed E-state index contributed by atoms with van der Waals surface area (Å²) in [7, 11) is 0. The second kappa shape index (κ2) is 12.1. The molecule has 0 fully saturated rings. The van der Waals surface area contributed by atoms with E-state index in [0.717, 1.165) is 23.3 Å². The number of aryl methyl sites for hydroxylation is 1. The van der Waals surface area contributed by atoms with Gasteiger partial charge in [0.2, 0.25) is 0 Å². The molecule has 184 valence electrons. The molecule has 0 aliphatic heterocycles. The summed E-state index contributed by atoms with van der Waals surface area (Å²) >= 11 is 12.1. The lowest BCUT2D eigenvalue weighted by Gasteiger charge is -2.13. The van der Waals surface area contributed by atoms with E-state index in [4.69, 9.17) is 32.7 Å². The van der Waals surface area contributed by atoms with Crippen LogP contribution in [0.2, 0.25) is 10.0 Å². The maximum absolute atomic E-state index is 12.7. The summed E-state index contributed by atoms with van der Waals surface area (Å²) in [4.78, 5) is 23.0. The summed E-state index contributed by atoms with van der Waals surface area (Å²) in [6.45, 7) is 4.57. The zero-order valence-electron chi connectivity index (χ0n) is 19.4. The van der Waals surface area contributed by atoms with Crippen LogP contribution >= 0.6 is 23.2 Å². The van der Waals surface area contributed by atoms with Crippen molar-refractivity contribution in [1.29, 1.82) is 5.26 Å². The van der Waals surface area contributed by atoms with Crippen LogP contribution in [0.1, 0.15) is 23.6 Å². The Labute approximate surface area is 217 Å². The normalized spacial score (nSPS) is 10.9. The lowest BCUT2D eigenvalue weighted by atomic mass is 10.1. The lowest BCUT2D eigenvalue weighted by Crippen LogP contribution is -2.14. The van der Waals surface area contributed by atoms with E-state index >= 15 is 0 Å². The molecule has 1 amide bonds. The minimum atomic E-state index is -0.784. The van der Waals surface area contributed by atoms with Crippen LogP contribution in [0.3, 0.4) is 0 Å². The Morgan fingerprint density at radius 2 is 1.75 bits per heavy atom. The van der Waals surface area contributed by atoms with E-state index in [9.17, 15) is 20.2 Å². The quantitative estimate of drug-likeness (QED) is 0.143. The van der Waals surface area contributed by atoms with Gasteiger partial charge in [0, 0.05) is 12.1 Å². The molecule has 1 N–H and O–H groups in total. The molecule has 8 nitrogen and oxygen atoms in total. The third kappa shape index (κ3) is 6.75. The molecule has 0 aliphatic rings. The van der Waals surface area contributed by atoms with E-state index < -0.39 is 10.8 Å². The van der Waals surface area contributed by atoms with Crippen molar-refractivity contribution >= 4 is 46.6 Å². The Morgan fingerprint density at radius 1 is 1.08 bits per heavy atom. The Bertz CT molecular complexity index is 1340. The van der Waals surface area contributed by atoms with Gasteiger partial charge in [-0.15, -0.1) is 0 Å². The second-order valence-electron chi connectivity index (χ2n) is 7.58. The highest BCUT2D eigenvalue weighted by molar-refractivity contribution is 6.40. The zero-order valence-corrected chi connectivity index (χ0v) is 20.9. The van der Waals surface area contributed by atoms with Crippen molar-refractivity contribution < 1.29 is 19.2 Å². The van der Waals surface area contributed by atoms with Crippen LogP contribution in [0.4, 0.5) is 11.4 Å². The van der Waals surface area contributed by atoms with Crippen molar-refractivity contribution in [3.8, 4) is 17.6 Å². The Kier molecular flexibility index (Phi) is 8.90. The van der Waals surface area contributed by atoms with Crippen LogP contribution in [0.5, 0.6) is 11.5 Å². The van der Waals surface area contributed by atoms with E-state index in [1.165, 1.54) is 6.08 Å². The molecule has 0 atom stereocenters. The van der Waals surface area contributed by atoms with Crippen LogP contribution in [0, 0.1) is 28.4 Å². The number of nitrogens with one attached hydrogen (secondary N) is 1. The van der Waals surface area contributed by atoms with E-state index in [1.807, 2.05) is 44.2 Å². The van der Waals surface area contributed by atoms with Gasteiger partial charge in [0.15, 0.2) is 11.5 Å². The largest absolute Gasteiger partial charge is 0.490 e. The molecule has 10 heteroatoms. The molecule has 3 rings (SSSR count). The highest BCUT2D eigenvalue weighted by Gasteiger charge is 2.18. The number of nitro benzene ring substituents is 1. The van der Waals surface area contributed by atoms with Crippen LogP contribution in [-0.4, -0.2) is 17.4 Å². The van der Waals surface area contributed by atoms with Crippen LogP contribution < -0.4 is 14.8 Å². The molecule has 0 aromatic heterocycles. The number of halogens is 2. The van der Waals surface area contributed by atoms with Gasteiger partial charge in [-0.2, -0.15) is 5.26 Å². The van der Waals surface area contributed by atoms with Crippen LogP contribution in [-0.2, 0) is 11.4 Å². The monoisotopic (exact) mass is 525 g/mol. The molecule has 36 heavy (non-hydrogen) atoms. The van der Waals surface area contributed by atoms with Gasteiger partial charge >= 0.3 is 0 Å². The Balaban J connectivity index is 1.81. The first-order valence-corrected chi connectivity index (χ1v) is 11.5. The first-order chi connectivity index (χ1) is 17.2. The number of nitriles is 1. The number of nitrogens with zero attached hydrogens (tertiary/aromatic N) is 2. The number of anilines is 1. The summed E-state index contributed by atoms with van der Waals surface area (Å²) in [5.74, 6) is 0.187. The standard InChI is InChI=1S/C26H21Cl2N3O5/c1-3-35-24-11-18(8-9-23(24)36-15-17-6-4-16(2)5-7-17)10-19(14-29)26(32)30-25-21(27)12-20(31(33)34)13-22(25)28/h4-13H,3,15H2,1-2H3,(H,30,32)/b19-10+. The van der Waals surface area contributed by atoms with Crippen molar-refractivity contribution in [1.82, 2.24) is 0 Å².